The summed E-state index contributed by atoms with van der Waals surface area (Å²) in [7, 11) is 0. The van der Waals surface area contributed by atoms with Gasteiger partial charge in [0.2, 0.25) is 0 Å². The summed E-state index contributed by atoms with van der Waals surface area (Å²) in [4.78, 5) is 0. The first kappa shape index (κ1) is 7.70. The van der Waals surface area contributed by atoms with Gasteiger partial charge in [0.15, 0.2) is 0 Å². The zero-order chi connectivity index (χ0) is 7.56. The molecule has 58 valence electrons. The molecule has 0 spiro atoms. The van der Waals surface area contributed by atoms with Gasteiger partial charge in [-0.2, -0.15) is 10.2 Å². The van der Waals surface area contributed by atoms with Gasteiger partial charge in [0.05, 0.1) is 12.6 Å². The molecule has 1 heterocycles. The molecule has 0 N–H and O–H groups in total. The highest BCUT2D eigenvalue weighted by Crippen LogP contribution is 2.23. The molecule has 3 atom stereocenters. The first-order valence-corrected chi connectivity index (χ1v) is 4.08. The molecule has 2 nitrogen and oxygen atoms in total. The fourth-order valence-corrected chi connectivity index (χ4v) is 1.29. The van der Waals surface area contributed by atoms with E-state index in [1.807, 2.05) is 0 Å². The Morgan fingerprint density at radius 1 is 1.20 bits per heavy atom. The van der Waals surface area contributed by atoms with Crippen LogP contribution < -0.4 is 0 Å². The number of hydrogen-bond donors (Lipinski definition) is 0. The molecule has 0 aliphatic carbocycles. The minimum atomic E-state index is 0.428. The highest BCUT2D eigenvalue weighted by atomic mass is 15.1. The minimum Gasteiger partial charge on any atom is -0.194 e. The van der Waals surface area contributed by atoms with Crippen molar-refractivity contribution < 1.29 is 0 Å². The summed E-state index contributed by atoms with van der Waals surface area (Å²) in [6.45, 7) is 7.63. The molecule has 0 bridgehead atoms. The van der Waals surface area contributed by atoms with Gasteiger partial charge in [0, 0.05) is 0 Å². The van der Waals surface area contributed by atoms with Gasteiger partial charge in [0.25, 0.3) is 0 Å². The van der Waals surface area contributed by atoms with Crippen molar-refractivity contribution in [3.8, 4) is 0 Å². The quantitative estimate of drug-likeness (QED) is 0.494. The molecule has 10 heavy (non-hydrogen) atoms. The molecular weight excluding hydrogens is 124 g/mol. The fraction of sp³-hybridized carbons (Fsp3) is 1.00. The van der Waals surface area contributed by atoms with E-state index in [9.17, 15) is 0 Å². The maximum absolute atomic E-state index is 4.18. The summed E-state index contributed by atoms with van der Waals surface area (Å²) in [5, 5.41) is 8.26. The topological polar surface area (TPSA) is 24.7 Å². The van der Waals surface area contributed by atoms with Crippen molar-refractivity contribution >= 4 is 0 Å². The molecule has 0 saturated heterocycles. The van der Waals surface area contributed by atoms with Crippen molar-refractivity contribution in [3.05, 3.63) is 0 Å². The Bertz CT molecular complexity index is 131. The zero-order valence-electron chi connectivity index (χ0n) is 7.04. The molecular formula is C8H16N2. The summed E-state index contributed by atoms with van der Waals surface area (Å²) in [6.07, 6.45) is 1.20. The maximum Gasteiger partial charge on any atom is 0.0708 e. The van der Waals surface area contributed by atoms with Crippen LogP contribution in [0.2, 0.25) is 0 Å². The normalized spacial score (nSPS) is 41.3. The zero-order valence-corrected chi connectivity index (χ0v) is 7.04. The Kier molecular flexibility index (Phi) is 2.41. The van der Waals surface area contributed by atoms with Gasteiger partial charge in [-0.3, -0.25) is 0 Å². The molecule has 0 aromatic rings. The second-order valence-corrected chi connectivity index (χ2v) is 3.35. The van der Waals surface area contributed by atoms with Gasteiger partial charge in [-0.25, -0.2) is 0 Å². The molecule has 1 rings (SSSR count). The first-order valence-electron chi connectivity index (χ1n) is 4.08. The summed E-state index contributed by atoms with van der Waals surface area (Å²) in [6, 6.07) is 0.428. The van der Waals surface area contributed by atoms with Crippen LogP contribution in [0.15, 0.2) is 10.2 Å². The van der Waals surface area contributed by atoms with Gasteiger partial charge in [-0.15, -0.1) is 0 Å². The Balaban J connectivity index is 2.57. The van der Waals surface area contributed by atoms with Crippen molar-refractivity contribution in [2.24, 2.45) is 22.1 Å². The van der Waals surface area contributed by atoms with Gasteiger partial charge in [-0.1, -0.05) is 13.8 Å². The smallest absolute Gasteiger partial charge is 0.0708 e. The van der Waals surface area contributed by atoms with Crippen molar-refractivity contribution in [2.45, 2.75) is 33.2 Å². The van der Waals surface area contributed by atoms with Crippen LogP contribution in [0.1, 0.15) is 27.2 Å². The van der Waals surface area contributed by atoms with Crippen LogP contribution in [-0.2, 0) is 0 Å². The predicted octanol–water partition coefficient (Wildman–Crippen LogP) is 2.50. The van der Waals surface area contributed by atoms with E-state index >= 15 is 0 Å². The molecule has 0 saturated carbocycles. The number of rotatable bonds is 0. The summed E-state index contributed by atoms with van der Waals surface area (Å²) < 4.78 is 0. The average molecular weight is 140 g/mol. The van der Waals surface area contributed by atoms with E-state index in [0.717, 1.165) is 12.5 Å². The van der Waals surface area contributed by atoms with Crippen molar-refractivity contribution in [2.75, 3.05) is 6.54 Å². The van der Waals surface area contributed by atoms with Crippen molar-refractivity contribution in [1.82, 2.24) is 0 Å². The Morgan fingerprint density at radius 3 is 2.60 bits per heavy atom. The van der Waals surface area contributed by atoms with Gasteiger partial charge in [0.1, 0.15) is 0 Å². The Morgan fingerprint density at radius 2 is 1.90 bits per heavy atom. The lowest BCUT2D eigenvalue weighted by Gasteiger charge is -2.18. The van der Waals surface area contributed by atoms with Crippen LogP contribution >= 0.6 is 0 Å². The SMILES string of the molecule is CC1CCN=NC(C)C1C. The molecule has 0 radical (unpaired) electrons. The van der Waals surface area contributed by atoms with Gasteiger partial charge in [-0.05, 0) is 25.2 Å². The van der Waals surface area contributed by atoms with E-state index in [2.05, 4.69) is 31.0 Å². The average Bonchev–Trinajstić information content (AvgIpc) is 2.04. The van der Waals surface area contributed by atoms with Crippen LogP contribution in [0, 0.1) is 11.8 Å². The number of azo groups is 1. The monoisotopic (exact) mass is 140 g/mol. The Hall–Kier alpha value is -0.400. The van der Waals surface area contributed by atoms with Gasteiger partial charge < -0.3 is 0 Å². The molecule has 1 aliphatic rings. The second-order valence-electron chi connectivity index (χ2n) is 3.35. The molecule has 0 aromatic carbocycles. The highest BCUT2D eigenvalue weighted by molar-refractivity contribution is 4.74. The van der Waals surface area contributed by atoms with E-state index in [0.29, 0.717) is 12.0 Å². The molecule has 1 aliphatic heterocycles. The summed E-state index contributed by atoms with van der Waals surface area (Å²) >= 11 is 0. The van der Waals surface area contributed by atoms with Crippen molar-refractivity contribution in [1.29, 1.82) is 0 Å². The van der Waals surface area contributed by atoms with Crippen LogP contribution in [0.4, 0.5) is 0 Å². The van der Waals surface area contributed by atoms with Crippen LogP contribution in [0.5, 0.6) is 0 Å². The maximum atomic E-state index is 4.18. The van der Waals surface area contributed by atoms with E-state index < -0.39 is 0 Å². The van der Waals surface area contributed by atoms with E-state index in [1.165, 1.54) is 6.42 Å². The Labute approximate surface area is 62.7 Å². The lowest BCUT2D eigenvalue weighted by molar-refractivity contribution is 0.340. The summed E-state index contributed by atoms with van der Waals surface area (Å²) in [5.74, 6) is 1.48. The molecule has 2 heteroatoms. The third-order valence-corrected chi connectivity index (χ3v) is 2.61. The van der Waals surface area contributed by atoms with E-state index in [1.54, 1.807) is 0 Å². The number of hydrogen-bond acceptors (Lipinski definition) is 2. The van der Waals surface area contributed by atoms with Gasteiger partial charge >= 0.3 is 0 Å². The number of nitrogens with zero attached hydrogens (tertiary/aromatic N) is 2. The largest absolute Gasteiger partial charge is 0.194 e. The first-order chi connectivity index (χ1) is 4.72. The van der Waals surface area contributed by atoms with Crippen molar-refractivity contribution in [3.63, 3.8) is 0 Å². The van der Waals surface area contributed by atoms with Crippen LogP contribution in [0.25, 0.3) is 0 Å². The lowest BCUT2D eigenvalue weighted by atomic mass is 9.88. The third-order valence-electron chi connectivity index (χ3n) is 2.61. The second kappa shape index (κ2) is 3.13. The van der Waals surface area contributed by atoms with Crippen LogP contribution in [0.3, 0.4) is 0 Å². The predicted molar refractivity (Wildman–Crippen MR) is 42.1 cm³/mol. The lowest BCUT2D eigenvalue weighted by Crippen LogP contribution is -2.17. The highest BCUT2D eigenvalue weighted by Gasteiger charge is 2.20. The molecule has 3 unspecified atom stereocenters. The van der Waals surface area contributed by atoms with Crippen LogP contribution in [-0.4, -0.2) is 12.6 Å². The fourth-order valence-electron chi connectivity index (χ4n) is 1.29. The summed E-state index contributed by atoms with van der Waals surface area (Å²) in [5.41, 5.74) is 0. The standard InChI is InChI=1S/C8H16N2/c1-6-4-5-9-10-8(3)7(6)2/h6-8H,4-5H2,1-3H3. The van der Waals surface area contributed by atoms with E-state index in [4.69, 9.17) is 0 Å². The molecule has 0 aromatic heterocycles. The van der Waals surface area contributed by atoms with E-state index in [-0.39, 0.29) is 0 Å². The minimum absolute atomic E-state index is 0.428. The molecule has 0 fully saturated rings. The molecule has 0 amide bonds. The third kappa shape index (κ3) is 1.55.